The number of rotatable bonds is 3. The van der Waals surface area contributed by atoms with Crippen LogP contribution in [0.2, 0.25) is 0 Å². The molecule has 1 N–H and O–H groups in total. The van der Waals surface area contributed by atoms with Crippen molar-refractivity contribution in [1.29, 1.82) is 0 Å². The number of nitrogens with zero attached hydrogens (tertiary/aromatic N) is 3. The first-order valence-electron chi connectivity index (χ1n) is 8.32. The lowest BCUT2D eigenvalue weighted by molar-refractivity contribution is -0.132. The van der Waals surface area contributed by atoms with E-state index in [0.717, 1.165) is 15.9 Å². The van der Waals surface area contributed by atoms with E-state index in [0.29, 0.717) is 22.9 Å². The standard InChI is InChI=1S/C19H18N4O3/c1-11-8-9-16(26-11)19(3)17(24)23(18(25)22-19)10-15-12(2)20-13-6-4-5-7-14(13)21-15/h4-9H,10H2,1-3H3,(H,22,25). The van der Waals surface area contributed by atoms with E-state index in [4.69, 9.17) is 4.42 Å². The average Bonchev–Trinajstić information content (AvgIpc) is 3.13. The molecule has 1 atom stereocenters. The van der Waals surface area contributed by atoms with Crippen molar-refractivity contribution in [3.05, 3.63) is 59.3 Å². The second-order valence-corrected chi connectivity index (χ2v) is 6.60. The molecule has 3 aromatic rings. The second kappa shape index (κ2) is 5.66. The number of fused-ring (bicyclic) bond motifs is 1. The molecular weight excluding hydrogens is 332 g/mol. The monoisotopic (exact) mass is 350 g/mol. The second-order valence-electron chi connectivity index (χ2n) is 6.60. The molecule has 3 amide bonds. The Morgan fingerprint density at radius 1 is 1.08 bits per heavy atom. The molecule has 0 bridgehead atoms. The zero-order valence-electron chi connectivity index (χ0n) is 14.7. The van der Waals surface area contributed by atoms with Crippen LogP contribution < -0.4 is 5.32 Å². The van der Waals surface area contributed by atoms with Crippen molar-refractivity contribution in [2.75, 3.05) is 0 Å². The number of para-hydroxylation sites is 2. The van der Waals surface area contributed by atoms with Crippen molar-refractivity contribution in [1.82, 2.24) is 20.2 Å². The van der Waals surface area contributed by atoms with Crippen molar-refractivity contribution in [3.8, 4) is 0 Å². The van der Waals surface area contributed by atoms with Crippen LogP contribution in [0.15, 0.2) is 40.8 Å². The van der Waals surface area contributed by atoms with Crippen LogP contribution in [0.3, 0.4) is 0 Å². The number of hydrogen-bond donors (Lipinski definition) is 1. The molecule has 1 unspecified atom stereocenters. The van der Waals surface area contributed by atoms with Crippen molar-refractivity contribution in [2.24, 2.45) is 0 Å². The predicted molar refractivity (Wildman–Crippen MR) is 94.2 cm³/mol. The van der Waals surface area contributed by atoms with E-state index in [1.165, 1.54) is 0 Å². The molecule has 1 aliphatic rings. The molecule has 0 radical (unpaired) electrons. The number of furan rings is 1. The van der Waals surface area contributed by atoms with Gasteiger partial charge in [0, 0.05) is 0 Å². The van der Waals surface area contributed by atoms with Crippen molar-refractivity contribution < 1.29 is 14.0 Å². The molecule has 26 heavy (non-hydrogen) atoms. The number of benzene rings is 1. The van der Waals surface area contributed by atoms with Crippen LogP contribution >= 0.6 is 0 Å². The van der Waals surface area contributed by atoms with E-state index in [1.807, 2.05) is 31.2 Å². The maximum atomic E-state index is 13.0. The minimum atomic E-state index is -1.22. The SMILES string of the molecule is Cc1ccc(C2(C)NC(=O)N(Cc3nc4ccccc4nc3C)C2=O)o1. The van der Waals surface area contributed by atoms with E-state index in [-0.39, 0.29) is 12.5 Å². The molecule has 0 spiro atoms. The summed E-state index contributed by atoms with van der Waals surface area (Å²) in [6.07, 6.45) is 0. The van der Waals surface area contributed by atoms with Gasteiger partial charge in [-0.2, -0.15) is 0 Å². The Kier molecular flexibility index (Phi) is 3.54. The first kappa shape index (κ1) is 16.3. The number of aromatic nitrogens is 2. The zero-order chi connectivity index (χ0) is 18.5. The lowest BCUT2D eigenvalue weighted by Crippen LogP contribution is -2.40. The number of amides is 3. The molecule has 3 heterocycles. The quantitative estimate of drug-likeness (QED) is 0.734. The van der Waals surface area contributed by atoms with Crippen LogP contribution in [0.1, 0.15) is 29.8 Å². The molecule has 0 saturated carbocycles. The Hall–Kier alpha value is -3.22. The summed E-state index contributed by atoms with van der Waals surface area (Å²) in [6.45, 7) is 5.32. The number of carbonyl (C=O) groups excluding carboxylic acids is 2. The van der Waals surface area contributed by atoms with Crippen LogP contribution in [0.4, 0.5) is 4.79 Å². The van der Waals surface area contributed by atoms with Crippen molar-refractivity contribution in [2.45, 2.75) is 32.9 Å². The summed E-state index contributed by atoms with van der Waals surface area (Å²) in [5.41, 5.74) is 1.56. The molecule has 1 aliphatic heterocycles. The highest BCUT2D eigenvalue weighted by Gasteiger charge is 2.51. The van der Waals surface area contributed by atoms with Crippen LogP contribution in [0.5, 0.6) is 0 Å². The van der Waals surface area contributed by atoms with Crippen LogP contribution in [-0.4, -0.2) is 26.8 Å². The van der Waals surface area contributed by atoms with Gasteiger partial charge in [0.15, 0.2) is 5.54 Å². The molecule has 1 fully saturated rings. The third-order valence-electron chi connectivity index (χ3n) is 4.66. The third kappa shape index (κ3) is 2.44. The number of aryl methyl sites for hydroxylation is 2. The first-order valence-corrected chi connectivity index (χ1v) is 8.32. The van der Waals surface area contributed by atoms with E-state index in [2.05, 4.69) is 15.3 Å². The Balaban J connectivity index is 1.68. The Morgan fingerprint density at radius 2 is 1.77 bits per heavy atom. The highest BCUT2D eigenvalue weighted by molar-refractivity contribution is 6.06. The van der Waals surface area contributed by atoms with Crippen molar-refractivity contribution in [3.63, 3.8) is 0 Å². The minimum absolute atomic E-state index is 0.0591. The van der Waals surface area contributed by atoms with Crippen LogP contribution in [-0.2, 0) is 16.9 Å². The third-order valence-corrected chi connectivity index (χ3v) is 4.66. The van der Waals surface area contributed by atoms with E-state index >= 15 is 0 Å². The summed E-state index contributed by atoms with van der Waals surface area (Å²) < 4.78 is 5.58. The maximum absolute atomic E-state index is 13.0. The molecule has 7 nitrogen and oxygen atoms in total. The smallest absolute Gasteiger partial charge is 0.325 e. The summed E-state index contributed by atoms with van der Waals surface area (Å²) >= 11 is 0. The average molecular weight is 350 g/mol. The Labute approximate surface area is 150 Å². The molecule has 0 aliphatic carbocycles. The zero-order valence-corrected chi connectivity index (χ0v) is 14.7. The van der Waals surface area contributed by atoms with E-state index in [9.17, 15) is 9.59 Å². The molecule has 2 aromatic heterocycles. The minimum Gasteiger partial charge on any atom is -0.463 e. The summed E-state index contributed by atoms with van der Waals surface area (Å²) in [7, 11) is 0. The lowest BCUT2D eigenvalue weighted by Gasteiger charge is -2.19. The van der Waals surface area contributed by atoms with Crippen LogP contribution in [0.25, 0.3) is 11.0 Å². The molecule has 1 saturated heterocycles. The van der Waals surface area contributed by atoms with Gasteiger partial charge in [-0.15, -0.1) is 0 Å². The molecule has 4 rings (SSSR count). The van der Waals surface area contributed by atoms with Gasteiger partial charge in [0.05, 0.1) is 29.0 Å². The highest BCUT2D eigenvalue weighted by atomic mass is 16.3. The van der Waals surface area contributed by atoms with Gasteiger partial charge in [-0.1, -0.05) is 12.1 Å². The summed E-state index contributed by atoms with van der Waals surface area (Å²) in [5, 5.41) is 2.73. The van der Waals surface area contributed by atoms with Gasteiger partial charge in [0.25, 0.3) is 5.91 Å². The van der Waals surface area contributed by atoms with E-state index < -0.39 is 11.6 Å². The molecule has 7 heteroatoms. The number of hydrogen-bond acceptors (Lipinski definition) is 5. The van der Waals surface area contributed by atoms with Gasteiger partial charge in [-0.05, 0) is 45.0 Å². The van der Waals surface area contributed by atoms with Gasteiger partial charge >= 0.3 is 6.03 Å². The van der Waals surface area contributed by atoms with Crippen molar-refractivity contribution >= 4 is 23.0 Å². The number of carbonyl (C=O) groups is 2. The molecule has 1 aromatic carbocycles. The predicted octanol–water partition coefficient (Wildman–Crippen LogP) is 2.81. The van der Waals surface area contributed by atoms with Gasteiger partial charge < -0.3 is 9.73 Å². The number of nitrogens with one attached hydrogen (secondary N) is 1. The molecular formula is C19H18N4O3. The summed E-state index contributed by atoms with van der Waals surface area (Å²) in [6, 6.07) is 10.5. The Morgan fingerprint density at radius 3 is 2.42 bits per heavy atom. The van der Waals surface area contributed by atoms with E-state index in [1.54, 1.807) is 26.0 Å². The maximum Gasteiger partial charge on any atom is 0.325 e. The molecule has 132 valence electrons. The van der Waals surface area contributed by atoms with Gasteiger partial charge in [0.2, 0.25) is 0 Å². The largest absolute Gasteiger partial charge is 0.463 e. The summed E-state index contributed by atoms with van der Waals surface area (Å²) in [5.74, 6) is 0.723. The van der Waals surface area contributed by atoms with Gasteiger partial charge in [-0.25, -0.2) is 14.8 Å². The normalized spacial score (nSPS) is 20.0. The van der Waals surface area contributed by atoms with Crippen LogP contribution in [0, 0.1) is 13.8 Å². The fourth-order valence-corrected chi connectivity index (χ4v) is 3.14. The first-order chi connectivity index (χ1) is 12.4. The fraction of sp³-hybridized carbons (Fsp3) is 0.263. The van der Waals surface area contributed by atoms with Gasteiger partial charge in [0.1, 0.15) is 11.5 Å². The number of urea groups is 1. The highest BCUT2D eigenvalue weighted by Crippen LogP contribution is 2.31. The Bertz CT molecular complexity index is 1040. The topological polar surface area (TPSA) is 88.3 Å². The van der Waals surface area contributed by atoms with Gasteiger partial charge in [-0.3, -0.25) is 9.69 Å². The lowest BCUT2D eigenvalue weighted by atomic mass is 9.99. The summed E-state index contributed by atoms with van der Waals surface area (Å²) in [4.78, 5) is 35.7. The fourth-order valence-electron chi connectivity index (χ4n) is 3.14. The number of imide groups is 1.